The van der Waals surface area contributed by atoms with Crippen molar-refractivity contribution in [1.82, 2.24) is 5.32 Å². The molecule has 0 spiro atoms. The van der Waals surface area contributed by atoms with Crippen molar-refractivity contribution in [3.05, 3.63) is 0 Å². The first-order valence-corrected chi connectivity index (χ1v) is 5.70. The normalized spacial score (nSPS) is 11.9. The van der Waals surface area contributed by atoms with Gasteiger partial charge < -0.3 is 15.2 Å². The minimum atomic E-state index is -0.370. The molecule has 0 bridgehead atoms. The number of hydrogen-bond acceptors (Lipinski definition) is 4. The van der Waals surface area contributed by atoms with Crippen molar-refractivity contribution in [2.75, 3.05) is 13.2 Å². The molecule has 0 saturated carbocycles. The smallest absolute Gasteiger partial charge is 0.306 e. The van der Waals surface area contributed by atoms with E-state index in [-0.39, 0.29) is 30.8 Å². The van der Waals surface area contributed by atoms with Crippen molar-refractivity contribution < 1.29 is 19.4 Å². The van der Waals surface area contributed by atoms with E-state index in [1.54, 1.807) is 6.92 Å². The van der Waals surface area contributed by atoms with Crippen LogP contribution in [0.5, 0.6) is 0 Å². The summed E-state index contributed by atoms with van der Waals surface area (Å²) in [7, 11) is 0. The van der Waals surface area contributed by atoms with Crippen LogP contribution >= 0.6 is 0 Å². The first kappa shape index (κ1) is 14.9. The van der Waals surface area contributed by atoms with Crippen LogP contribution in [-0.2, 0) is 14.3 Å². The lowest BCUT2D eigenvalue weighted by atomic mass is 10.2. The van der Waals surface area contributed by atoms with Gasteiger partial charge in [-0.1, -0.05) is 6.92 Å². The summed E-state index contributed by atoms with van der Waals surface area (Å²) in [5.74, 6) is -0.539. The van der Waals surface area contributed by atoms with Crippen LogP contribution in [0.3, 0.4) is 0 Å². The molecule has 5 nitrogen and oxygen atoms in total. The topological polar surface area (TPSA) is 75.6 Å². The van der Waals surface area contributed by atoms with Crippen molar-refractivity contribution >= 4 is 11.9 Å². The van der Waals surface area contributed by atoms with Gasteiger partial charge in [0.25, 0.3) is 0 Å². The van der Waals surface area contributed by atoms with Crippen molar-refractivity contribution in [2.24, 2.45) is 0 Å². The van der Waals surface area contributed by atoms with Gasteiger partial charge in [-0.05, 0) is 19.8 Å². The van der Waals surface area contributed by atoms with Crippen LogP contribution in [0, 0.1) is 0 Å². The first-order chi connectivity index (χ1) is 7.60. The molecule has 1 unspecified atom stereocenters. The van der Waals surface area contributed by atoms with Crippen molar-refractivity contribution in [3.8, 4) is 0 Å². The third-order valence-electron chi connectivity index (χ3n) is 2.13. The number of ether oxygens (including phenoxy) is 1. The molecule has 0 fully saturated rings. The van der Waals surface area contributed by atoms with E-state index in [1.807, 2.05) is 6.92 Å². The fourth-order valence-corrected chi connectivity index (χ4v) is 1.12. The molecule has 0 aliphatic rings. The molecule has 0 aromatic rings. The minimum Gasteiger partial charge on any atom is -0.466 e. The Morgan fingerprint density at radius 1 is 1.31 bits per heavy atom. The van der Waals surface area contributed by atoms with Crippen LogP contribution in [0.2, 0.25) is 0 Å². The van der Waals surface area contributed by atoms with E-state index in [0.717, 1.165) is 0 Å². The molecular formula is C11H21NO4. The minimum absolute atomic E-state index is 0.107. The maximum Gasteiger partial charge on any atom is 0.306 e. The highest BCUT2D eigenvalue weighted by Crippen LogP contribution is 1.96. The number of amides is 1. The van der Waals surface area contributed by atoms with Gasteiger partial charge in [-0.2, -0.15) is 0 Å². The van der Waals surface area contributed by atoms with E-state index < -0.39 is 0 Å². The van der Waals surface area contributed by atoms with Gasteiger partial charge in [-0.25, -0.2) is 0 Å². The predicted octanol–water partition coefficient (Wildman–Crippen LogP) is 0.607. The lowest BCUT2D eigenvalue weighted by Crippen LogP contribution is -2.27. The Bertz CT molecular complexity index is 218. The van der Waals surface area contributed by atoms with E-state index in [9.17, 15) is 14.7 Å². The zero-order valence-corrected chi connectivity index (χ0v) is 9.99. The van der Waals surface area contributed by atoms with Crippen molar-refractivity contribution in [3.63, 3.8) is 0 Å². The average Bonchev–Trinajstić information content (AvgIpc) is 2.26. The Kier molecular flexibility index (Phi) is 8.52. The largest absolute Gasteiger partial charge is 0.466 e. The molecule has 94 valence electrons. The van der Waals surface area contributed by atoms with Gasteiger partial charge in [0.1, 0.15) is 0 Å². The summed E-state index contributed by atoms with van der Waals surface area (Å²) < 4.78 is 4.69. The van der Waals surface area contributed by atoms with Crippen LogP contribution < -0.4 is 5.32 Å². The Morgan fingerprint density at radius 3 is 2.56 bits per heavy atom. The summed E-state index contributed by atoms with van der Waals surface area (Å²) in [5, 5.41) is 11.9. The summed E-state index contributed by atoms with van der Waals surface area (Å²) in [6.45, 7) is 4.39. The maximum atomic E-state index is 11.2. The third kappa shape index (κ3) is 8.23. The van der Waals surface area contributed by atoms with Gasteiger partial charge in [0.05, 0.1) is 19.1 Å². The molecule has 0 rings (SSSR count). The number of hydrogen-bond donors (Lipinski definition) is 2. The lowest BCUT2D eigenvalue weighted by molar-refractivity contribution is -0.144. The van der Waals surface area contributed by atoms with Gasteiger partial charge in [0, 0.05) is 13.0 Å². The molecule has 1 atom stereocenters. The highest BCUT2D eigenvalue weighted by Gasteiger charge is 2.07. The molecule has 0 aromatic heterocycles. The maximum absolute atomic E-state index is 11.2. The number of rotatable bonds is 8. The molecule has 0 radical (unpaired) electrons. The molecule has 0 aliphatic carbocycles. The molecule has 5 heteroatoms. The van der Waals surface area contributed by atoms with Crippen LogP contribution in [0.1, 0.15) is 39.5 Å². The number of esters is 1. The fourth-order valence-electron chi connectivity index (χ4n) is 1.12. The van der Waals surface area contributed by atoms with E-state index >= 15 is 0 Å². The zero-order chi connectivity index (χ0) is 12.4. The van der Waals surface area contributed by atoms with E-state index in [4.69, 9.17) is 4.74 Å². The van der Waals surface area contributed by atoms with Gasteiger partial charge in [0.15, 0.2) is 0 Å². The molecule has 16 heavy (non-hydrogen) atoms. The molecular weight excluding hydrogens is 210 g/mol. The van der Waals surface area contributed by atoms with Gasteiger partial charge in [-0.15, -0.1) is 0 Å². The zero-order valence-electron chi connectivity index (χ0n) is 9.99. The Labute approximate surface area is 96.2 Å². The average molecular weight is 231 g/mol. The number of nitrogens with one attached hydrogen (secondary N) is 1. The van der Waals surface area contributed by atoms with Gasteiger partial charge in [-0.3, -0.25) is 9.59 Å². The summed E-state index contributed by atoms with van der Waals surface area (Å²) in [4.78, 5) is 22.2. The number of carbonyl (C=O) groups excluding carboxylic acids is 2. The quantitative estimate of drug-likeness (QED) is 0.600. The molecule has 1 amide bonds. The molecule has 0 saturated heterocycles. The molecule has 0 aliphatic heterocycles. The summed E-state index contributed by atoms with van der Waals surface area (Å²) in [6, 6.07) is 0. The van der Waals surface area contributed by atoms with Crippen LogP contribution in [0.4, 0.5) is 0 Å². The second-order valence-electron chi connectivity index (χ2n) is 3.51. The van der Waals surface area contributed by atoms with Gasteiger partial charge >= 0.3 is 5.97 Å². The molecule has 0 aromatic carbocycles. The SMILES string of the molecule is CCOC(=O)CCC(=O)NCCC(O)CC. The molecule has 2 N–H and O–H groups in total. The molecule has 0 heterocycles. The predicted molar refractivity (Wildman–Crippen MR) is 59.8 cm³/mol. The lowest BCUT2D eigenvalue weighted by Gasteiger charge is -2.08. The van der Waals surface area contributed by atoms with E-state index in [0.29, 0.717) is 26.0 Å². The standard InChI is InChI=1S/C11H21NO4/c1-3-9(13)7-8-12-10(14)5-6-11(15)16-4-2/h9,13H,3-8H2,1-2H3,(H,12,14). The second-order valence-corrected chi connectivity index (χ2v) is 3.51. The Hall–Kier alpha value is -1.10. The van der Waals surface area contributed by atoms with Crippen LogP contribution in [-0.4, -0.2) is 36.2 Å². The Morgan fingerprint density at radius 2 is 2.00 bits per heavy atom. The Balaban J connectivity index is 3.48. The highest BCUT2D eigenvalue weighted by molar-refractivity contribution is 5.81. The highest BCUT2D eigenvalue weighted by atomic mass is 16.5. The van der Waals surface area contributed by atoms with Crippen molar-refractivity contribution in [2.45, 2.75) is 45.6 Å². The third-order valence-corrected chi connectivity index (χ3v) is 2.13. The van der Waals surface area contributed by atoms with Gasteiger partial charge in [0.2, 0.25) is 5.91 Å². The van der Waals surface area contributed by atoms with Crippen LogP contribution in [0.25, 0.3) is 0 Å². The van der Waals surface area contributed by atoms with E-state index in [2.05, 4.69) is 5.32 Å². The number of carbonyl (C=O) groups is 2. The first-order valence-electron chi connectivity index (χ1n) is 5.70. The number of aliphatic hydroxyl groups excluding tert-OH is 1. The monoisotopic (exact) mass is 231 g/mol. The second kappa shape index (κ2) is 9.15. The van der Waals surface area contributed by atoms with Crippen molar-refractivity contribution in [1.29, 1.82) is 0 Å². The summed E-state index contributed by atoms with van der Waals surface area (Å²) >= 11 is 0. The van der Waals surface area contributed by atoms with E-state index in [1.165, 1.54) is 0 Å². The van der Waals surface area contributed by atoms with Crippen LogP contribution in [0.15, 0.2) is 0 Å². The fraction of sp³-hybridized carbons (Fsp3) is 0.818. The number of aliphatic hydroxyl groups is 1. The summed E-state index contributed by atoms with van der Waals surface area (Å²) in [6.07, 6.45) is 1.10. The summed E-state index contributed by atoms with van der Waals surface area (Å²) in [5.41, 5.74) is 0.